The molecule has 0 saturated heterocycles. The molecule has 3 aromatic rings. The van der Waals surface area contributed by atoms with Crippen molar-refractivity contribution in [1.82, 2.24) is 15.1 Å². The van der Waals surface area contributed by atoms with Crippen LogP contribution in [0, 0.1) is 6.92 Å². The second kappa shape index (κ2) is 6.21. The lowest BCUT2D eigenvalue weighted by Crippen LogP contribution is -2.11. The van der Waals surface area contributed by atoms with Crippen molar-refractivity contribution < 1.29 is 18.5 Å². The molecule has 1 atom stereocenters. The third-order valence-electron chi connectivity index (χ3n) is 3.05. The summed E-state index contributed by atoms with van der Waals surface area (Å²) in [5.41, 5.74) is 0.584. The van der Waals surface area contributed by atoms with Crippen molar-refractivity contribution in [3.05, 3.63) is 53.1 Å². The number of esters is 1. The van der Waals surface area contributed by atoms with E-state index >= 15 is 0 Å². The van der Waals surface area contributed by atoms with Gasteiger partial charge in [-0.1, -0.05) is 28.9 Å². The zero-order chi connectivity index (χ0) is 16.4. The molecule has 1 aromatic carbocycles. The summed E-state index contributed by atoms with van der Waals surface area (Å²) < 4.78 is 15.6. The van der Waals surface area contributed by atoms with E-state index in [-0.39, 0.29) is 17.3 Å². The molecule has 0 aliphatic carbocycles. The first-order chi connectivity index (χ1) is 11.1. The van der Waals surface area contributed by atoms with Crippen molar-refractivity contribution in [1.29, 1.82) is 0 Å². The molecule has 0 saturated carbocycles. The van der Waals surface area contributed by atoms with Crippen molar-refractivity contribution in [2.75, 3.05) is 0 Å². The molecule has 0 radical (unpaired) electrons. The molecular formula is C15H12ClN3O4. The van der Waals surface area contributed by atoms with Crippen molar-refractivity contribution in [3.63, 3.8) is 0 Å². The number of carbonyl (C=O) groups excluding carboxylic acids is 1. The summed E-state index contributed by atoms with van der Waals surface area (Å²) in [4.78, 5) is 20.3. The third-order valence-corrected chi connectivity index (χ3v) is 3.38. The van der Waals surface area contributed by atoms with Crippen molar-refractivity contribution in [3.8, 4) is 11.3 Å². The maximum absolute atomic E-state index is 12.3. The monoisotopic (exact) mass is 333 g/mol. The molecule has 3 rings (SSSR count). The molecule has 8 heteroatoms. The van der Waals surface area contributed by atoms with Gasteiger partial charge in [0.25, 0.3) is 5.89 Å². The highest BCUT2D eigenvalue weighted by Crippen LogP contribution is 2.31. The van der Waals surface area contributed by atoms with Crippen molar-refractivity contribution in [2.45, 2.75) is 20.0 Å². The Kier molecular flexibility index (Phi) is 4.12. The fourth-order valence-electron chi connectivity index (χ4n) is 1.97. The van der Waals surface area contributed by atoms with Crippen LogP contribution in [0.15, 0.2) is 39.6 Å². The standard InChI is InChI=1S/C15H12ClN3O4/c1-8(14-18-9(2)19-23-14)22-15(20)12-13(21-7-17-12)10-5-3-4-6-11(10)16/h3-8H,1-2H3/t8-/m0/s1. The van der Waals surface area contributed by atoms with Gasteiger partial charge in [-0.2, -0.15) is 4.98 Å². The topological polar surface area (TPSA) is 91.2 Å². The first-order valence-corrected chi connectivity index (χ1v) is 7.13. The molecular weight excluding hydrogens is 322 g/mol. The normalized spacial score (nSPS) is 12.1. The van der Waals surface area contributed by atoms with Crippen LogP contribution in [0.4, 0.5) is 0 Å². The Morgan fingerprint density at radius 1 is 1.35 bits per heavy atom. The Hall–Kier alpha value is -2.67. The highest BCUT2D eigenvalue weighted by atomic mass is 35.5. The second-order valence-corrected chi connectivity index (χ2v) is 5.14. The maximum atomic E-state index is 12.3. The Balaban J connectivity index is 1.84. The average Bonchev–Trinajstić information content (AvgIpc) is 3.16. The van der Waals surface area contributed by atoms with Gasteiger partial charge in [0.15, 0.2) is 29.8 Å². The number of aromatic nitrogens is 3. The zero-order valence-electron chi connectivity index (χ0n) is 12.3. The van der Waals surface area contributed by atoms with Crippen molar-refractivity contribution in [2.24, 2.45) is 0 Å². The summed E-state index contributed by atoms with van der Waals surface area (Å²) >= 11 is 6.12. The van der Waals surface area contributed by atoms with E-state index in [0.29, 0.717) is 16.4 Å². The third kappa shape index (κ3) is 3.09. The number of halogens is 1. The fourth-order valence-corrected chi connectivity index (χ4v) is 2.19. The summed E-state index contributed by atoms with van der Waals surface area (Å²) in [5, 5.41) is 4.10. The lowest BCUT2D eigenvalue weighted by molar-refractivity contribution is 0.0260. The molecule has 2 aromatic heterocycles. The van der Waals surface area contributed by atoms with E-state index in [4.69, 9.17) is 25.3 Å². The highest BCUT2D eigenvalue weighted by molar-refractivity contribution is 6.33. The molecule has 0 unspecified atom stereocenters. The maximum Gasteiger partial charge on any atom is 0.361 e. The van der Waals surface area contributed by atoms with Crippen LogP contribution in [-0.4, -0.2) is 21.1 Å². The Morgan fingerprint density at radius 3 is 2.83 bits per heavy atom. The highest BCUT2D eigenvalue weighted by Gasteiger charge is 2.25. The van der Waals surface area contributed by atoms with Gasteiger partial charge in [0.2, 0.25) is 0 Å². The number of hydrogen-bond acceptors (Lipinski definition) is 7. The first-order valence-electron chi connectivity index (χ1n) is 6.76. The summed E-state index contributed by atoms with van der Waals surface area (Å²) in [6.07, 6.45) is 0.455. The molecule has 2 heterocycles. The Labute approximate surface area is 136 Å². The van der Waals surface area contributed by atoms with Crippen LogP contribution in [0.25, 0.3) is 11.3 Å². The predicted octanol–water partition coefficient (Wildman–Crippen LogP) is 3.60. The number of oxazole rings is 1. The summed E-state index contributed by atoms with van der Waals surface area (Å²) in [6.45, 7) is 3.30. The number of carbonyl (C=O) groups is 1. The largest absolute Gasteiger partial charge is 0.448 e. The lowest BCUT2D eigenvalue weighted by atomic mass is 10.1. The SMILES string of the molecule is Cc1noc([C@H](C)OC(=O)c2ncoc2-c2ccccc2Cl)n1. The number of aryl methyl sites for hydroxylation is 1. The van der Waals surface area contributed by atoms with Crippen molar-refractivity contribution >= 4 is 17.6 Å². The molecule has 0 amide bonds. The van der Waals surface area contributed by atoms with E-state index in [0.717, 1.165) is 6.39 Å². The minimum absolute atomic E-state index is 0.0289. The van der Waals surface area contributed by atoms with Gasteiger partial charge in [-0.15, -0.1) is 0 Å². The number of ether oxygens (including phenoxy) is 1. The quantitative estimate of drug-likeness (QED) is 0.673. The second-order valence-electron chi connectivity index (χ2n) is 4.74. The van der Waals surface area contributed by atoms with E-state index in [1.54, 1.807) is 38.1 Å². The summed E-state index contributed by atoms with van der Waals surface area (Å²) in [6, 6.07) is 6.98. The first kappa shape index (κ1) is 15.2. The molecule has 118 valence electrons. The molecule has 0 aliphatic rings. The summed E-state index contributed by atoms with van der Waals surface area (Å²) in [5.74, 6) is 0.242. The zero-order valence-corrected chi connectivity index (χ0v) is 13.1. The van der Waals surface area contributed by atoms with Gasteiger partial charge in [-0.25, -0.2) is 9.78 Å². The Bertz CT molecular complexity index is 843. The van der Waals surface area contributed by atoms with Crippen LogP contribution in [0.1, 0.15) is 35.2 Å². The molecule has 23 heavy (non-hydrogen) atoms. The van der Waals surface area contributed by atoms with E-state index in [1.165, 1.54) is 0 Å². The van der Waals surface area contributed by atoms with Crippen LogP contribution >= 0.6 is 11.6 Å². The molecule has 0 bridgehead atoms. The smallest absolute Gasteiger partial charge is 0.361 e. The summed E-state index contributed by atoms with van der Waals surface area (Å²) in [7, 11) is 0. The predicted molar refractivity (Wildman–Crippen MR) is 79.8 cm³/mol. The van der Waals surface area contributed by atoms with Crippen LogP contribution in [0.2, 0.25) is 5.02 Å². The number of rotatable bonds is 4. The fraction of sp³-hybridized carbons (Fsp3) is 0.200. The van der Waals surface area contributed by atoms with Gasteiger partial charge in [0, 0.05) is 5.56 Å². The van der Waals surface area contributed by atoms with Crippen LogP contribution in [0.5, 0.6) is 0 Å². The van der Waals surface area contributed by atoms with Crippen LogP contribution < -0.4 is 0 Å². The minimum Gasteiger partial charge on any atom is -0.448 e. The van der Waals surface area contributed by atoms with Gasteiger partial charge in [-0.05, 0) is 26.0 Å². The number of nitrogens with zero attached hydrogens (tertiary/aromatic N) is 3. The molecule has 0 N–H and O–H groups in total. The lowest BCUT2D eigenvalue weighted by Gasteiger charge is -2.08. The van der Waals surface area contributed by atoms with Gasteiger partial charge >= 0.3 is 5.97 Å². The van der Waals surface area contributed by atoms with Crippen LogP contribution in [-0.2, 0) is 4.74 Å². The number of benzene rings is 1. The average molecular weight is 334 g/mol. The van der Waals surface area contributed by atoms with E-state index < -0.39 is 12.1 Å². The van der Waals surface area contributed by atoms with E-state index in [9.17, 15) is 4.79 Å². The van der Waals surface area contributed by atoms with Gasteiger partial charge in [0.05, 0.1) is 5.02 Å². The Morgan fingerprint density at radius 2 is 2.13 bits per heavy atom. The minimum atomic E-state index is -0.709. The van der Waals surface area contributed by atoms with Crippen LogP contribution in [0.3, 0.4) is 0 Å². The molecule has 0 spiro atoms. The molecule has 0 aliphatic heterocycles. The number of hydrogen-bond donors (Lipinski definition) is 0. The van der Waals surface area contributed by atoms with E-state index in [2.05, 4.69) is 15.1 Å². The molecule has 7 nitrogen and oxygen atoms in total. The van der Waals surface area contributed by atoms with E-state index in [1.807, 2.05) is 0 Å². The van der Waals surface area contributed by atoms with Gasteiger partial charge in [0.1, 0.15) is 0 Å². The molecule has 0 fully saturated rings. The van der Waals surface area contributed by atoms with Gasteiger partial charge < -0.3 is 13.7 Å². The van der Waals surface area contributed by atoms with Gasteiger partial charge in [-0.3, -0.25) is 0 Å².